The Morgan fingerprint density at radius 2 is 2.07 bits per heavy atom. The number of guanidine groups is 1. The highest BCUT2D eigenvalue weighted by Crippen LogP contribution is 2.28. The van der Waals surface area contributed by atoms with Crippen LogP contribution in [-0.4, -0.2) is 69.5 Å². The number of thiophene rings is 1. The highest BCUT2D eigenvalue weighted by Gasteiger charge is 2.30. The van der Waals surface area contributed by atoms with Crippen molar-refractivity contribution in [1.82, 2.24) is 15.5 Å². The lowest BCUT2D eigenvalue weighted by atomic mass is 10.0. The zero-order valence-corrected chi connectivity index (χ0v) is 19.8. The van der Waals surface area contributed by atoms with Crippen molar-refractivity contribution in [2.45, 2.75) is 38.3 Å². The van der Waals surface area contributed by atoms with Gasteiger partial charge in [-0.05, 0) is 38.8 Å². The summed E-state index contributed by atoms with van der Waals surface area (Å²) in [5.74, 6) is 0.841. The van der Waals surface area contributed by atoms with E-state index in [0.717, 1.165) is 64.8 Å². The number of nitrogens with zero attached hydrogens (tertiary/aromatic N) is 2. The van der Waals surface area contributed by atoms with Crippen molar-refractivity contribution in [1.29, 1.82) is 0 Å². The Balaban J connectivity index is 0.00000261. The molecule has 0 bridgehead atoms. The molecular formula is C19H33IN4O2S. The van der Waals surface area contributed by atoms with Crippen LogP contribution in [0, 0.1) is 6.92 Å². The molecular weight excluding hydrogens is 475 g/mol. The normalized spacial score (nSPS) is 25.1. The van der Waals surface area contributed by atoms with Crippen molar-refractivity contribution in [2.75, 3.05) is 53.0 Å². The summed E-state index contributed by atoms with van der Waals surface area (Å²) in [5.41, 5.74) is -0.0773. The average molecular weight is 508 g/mol. The average Bonchev–Trinajstić information content (AvgIpc) is 3.28. The lowest BCUT2D eigenvalue weighted by Gasteiger charge is -2.34. The van der Waals surface area contributed by atoms with Crippen LogP contribution < -0.4 is 10.6 Å². The van der Waals surface area contributed by atoms with E-state index in [1.165, 1.54) is 9.75 Å². The van der Waals surface area contributed by atoms with Crippen LogP contribution in [0.15, 0.2) is 17.1 Å². The molecule has 2 aliphatic rings. The Bertz CT molecular complexity index is 598. The van der Waals surface area contributed by atoms with Crippen molar-refractivity contribution in [3.05, 3.63) is 21.9 Å². The third-order valence-electron chi connectivity index (χ3n) is 5.19. The first kappa shape index (κ1) is 22.9. The molecule has 27 heavy (non-hydrogen) atoms. The molecule has 2 fully saturated rings. The molecule has 0 saturated carbocycles. The van der Waals surface area contributed by atoms with Crippen molar-refractivity contribution in [2.24, 2.45) is 4.99 Å². The first-order valence-electron chi connectivity index (χ1n) is 9.56. The summed E-state index contributed by atoms with van der Waals surface area (Å²) in [4.78, 5) is 9.66. The number of aryl methyl sites for hydroxylation is 1. The molecule has 3 heterocycles. The number of hydrogen-bond acceptors (Lipinski definition) is 5. The Hall–Kier alpha value is -0.420. The molecule has 2 unspecified atom stereocenters. The van der Waals surface area contributed by atoms with Crippen LogP contribution in [0.2, 0.25) is 0 Å². The highest BCUT2D eigenvalue weighted by molar-refractivity contribution is 14.0. The molecule has 2 atom stereocenters. The minimum Gasteiger partial charge on any atom is -0.379 e. The van der Waals surface area contributed by atoms with E-state index in [1.54, 1.807) is 0 Å². The van der Waals surface area contributed by atoms with Crippen molar-refractivity contribution in [3.8, 4) is 0 Å². The molecule has 6 nitrogen and oxygen atoms in total. The smallest absolute Gasteiger partial charge is 0.191 e. The van der Waals surface area contributed by atoms with Crippen LogP contribution in [0.4, 0.5) is 0 Å². The van der Waals surface area contributed by atoms with E-state index in [9.17, 15) is 0 Å². The van der Waals surface area contributed by atoms with Gasteiger partial charge in [0.1, 0.15) is 0 Å². The van der Waals surface area contributed by atoms with Gasteiger partial charge in [-0.2, -0.15) is 0 Å². The van der Waals surface area contributed by atoms with E-state index in [4.69, 9.17) is 9.47 Å². The summed E-state index contributed by atoms with van der Waals surface area (Å²) >= 11 is 1.88. The van der Waals surface area contributed by atoms with Gasteiger partial charge in [0.05, 0.1) is 24.9 Å². The number of aliphatic imine (C=N–C) groups is 1. The summed E-state index contributed by atoms with van der Waals surface area (Å²) in [5, 5.41) is 6.96. The molecule has 3 rings (SSSR count). The molecule has 1 aromatic rings. The Morgan fingerprint density at radius 1 is 1.30 bits per heavy atom. The maximum Gasteiger partial charge on any atom is 0.191 e. The first-order valence-corrected chi connectivity index (χ1v) is 10.4. The minimum atomic E-state index is -0.0773. The van der Waals surface area contributed by atoms with Gasteiger partial charge >= 0.3 is 0 Å². The van der Waals surface area contributed by atoms with E-state index in [-0.39, 0.29) is 29.6 Å². The van der Waals surface area contributed by atoms with Crippen LogP contribution in [-0.2, 0) is 9.47 Å². The van der Waals surface area contributed by atoms with Gasteiger partial charge in [-0.25, -0.2) is 0 Å². The van der Waals surface area contributed by atoms with Gasteiger partial charge in [-0.1, -0.05) is 0 Å². The van der Waals surface area contributed by atoms with Gasteiger partial charge < -0.3 is 20.1 Å². The van der Waals surface area contributed by atoms with Gasteiger partial charge in [0.15, 0.2) is 5.96 Å². The molecule has 1 aromatic heterocycles. The Labute approximate surface area is 184 Å². The highest BCUT2D eigenvalue weighted by atomic mass is 127. The van der Waals surface area contributed by atoms with Crippen molar-refractivity contribution in [3.63, 3.8) is 0 Å². The predicted molar refractivity (Wildman–Crippen MR) is 123 cm³/mol. The lowest BCUT2D eigenvalue weighted by molar-refractivity contribution is 0.0174. The van der Waals surface area contributed by atoms with Crippen LogP contribution in [0.3, 0.4) is 0 Å². The summed E-state index contributed by atoms with van der Waals surface area (Å²) in [6.07, 6.45) is 2.24. The van der Waals surface area contributed by atoms with E-state index in [1.807, 2.05) is 18.4 Å². The van der Waals surface area contributed by atoms with Gasteiger partial charge in [0.2, 0.25) is 0 Å². The van der Waals surface area contributed by atoms with E-state index >= 15 is 0 Å². The van der Waals surface area contributed by atoms with Crippen LogP contribution in [0.25, 0.3) is 0 Å². The van der Waals surface area contributed by atoms with E-state index < -0.39 is 0 Å². The maximum atomic E-state index is 5.86. The molecule has 154 valence electrons. The molecule has 0 spiro atoms. The van der Waals surface area contributed by atoms with E-state index in [0.29, 0.717) is 6.04 Å². The van der Waals surface area contributed by atoms with Crippen LogP contribution in [0.5, 0.6) is 0 Å². The second-order valence-corrected chi connectivity index (χ2v) is 8.64. The molecule has 0 aliphatic carbocycles. The van der Waals surface area contributed by atoms with E-state index in [2.05, 4.69) is 46.5 Å². The molecule has 2 saturated heterocycles. The number of rotatable bonds is 6. The summed E-state index contributed by atoms with van der Waals surface area (Å²) in [7, 11) is 1.83. The maximum absolute atomic E-state index is 5.86. The lowest BCUT2D eigenvalue weighted by Crippen LogP contribution is -2.48. The number of halogens is 1. The Kier molecular flexibility index (Phi) is 9.27. The largest absolute Gasteiger partial charge is 0.379 e. The topological polar surface area (TPSA) is 58.1 Å². The molecule has 2 aliphatic heterocycles. The molecule has 0 aromatic carbocycles. The zero-order chi connectivity index (χ0) is 18.4. The van der Waals surface area contributed by atoms with Gasteiger partial charge in [-0.3, -0.25) is 9.89 Å². The summed E-state index contributed by atoms with van der Waals surface area (Å²) in [6.45, 7) is 10.4. The molecule has 2 N–H and O–H groups in total. The van der Waals surface area contributed by atoms with Crippen molar-refractivity contribution >= 4 is 41.3 Å². The fourth-order valence-electron chi connectivity index (χ4n) is 3.59. The standard InChI is InChI=1S/C19H32N4O2S.HI/c1-15-5-6-17(26-15)16(23-8-11-24-12-9-23)13-21-18(20-3)22-14-19(2)7-4-10-25-19;/h5-6,16H,4,7-14H2,1-3H3,(H2,20,21,22);1H. The monoisotopic (exact) mass is 508 g/mol. The fraction of sp³-hybridized carbons (Fsp3) is 0.737. The molecule has 8 heteroatoms. The third-order valence-corrected chi connectivity index (χ3v) is 6.29. The van der Waals surface area contributed by atoms with Crippen LogP contribution >= 0.6 is 35.3 Å². The molecule has 0 radical (unpaired) electrons. The van der Waals surface area contributed by atoms with Gasteiger partial charge in [0.25, 0.3) is 0 Å². The van der Waals surface area contributed by atoms with Crippen molar-refractivity contribution < 1.29 is 9.47 Å². The Morgan fingerprint density at radius 3 is 2.67 bits per heavy atom. The third kappa shape index (κ3) is 6.56. The molecule has 0 amide bonds. The van der Waals surface area contributed by atoms with Gasteiger partial charge in [-0.15, -0.1) is 35.3 Å². The number of nitrogens with one attached hydrogen (secondary N) is 2. The first-order chi connectivity index (χ1) is 12.6. The number of hydrogen-bond donors (Lipinski definition) is 2. The second kappa shape index (κ2) is 10.9. The zero-order valence-electron chi connectivity index (χ0n) is 16.6. The fourth-order valence-corrected chi connectivity index (χ4v) is 4.60. The predicted octanol–water partition coefficient (Wildman–Crippen LogP) is 2.78. The second-order valence-electron chi connectivity index (χ2n) is 7.32. The number of morpholine rings is 1. The van der Waals surface area contributed by atoms with Gasteiger partial charge in [0, 0.05) is 49.6 Å². The summed E-state index contributed by atoms with van der Waals surface area (Å²) < 4.78 is 11.4. The minimum absolute atomic E-state index is 0. The SMILES string of the molecule is CN=C(NCC(c1ccc(C)s1)N1CCOCC1)NCC1(C)CCCO1.I. The quantitative estimate of drug-likeness (QED) is 0.352. The van der Waals surface area contributed by atoms with Crippen LogP contribution in [0.1, 0.15) is 35.6 Å². The number of ether oxygens (including phenoxy) is 2. The summed E-state index contributed by atoms with van der Waals surface area (Å²) in [6, 6.07) is 4.80.